The molecule has 1 aliphatic rings. The highest BCUT2D eigenvalue weighted by atomic mass is 127. The molecule has 1 rings (SSSR count). The Bertz CT molecular complexity index is 273. The van der Waals surface area contributed by atoms with E-state index in [2.05, 4.69) is 43.2 Å². The highest BCUT2D eigenvalue weighted by Crippen LogP contribution is 2.17. The number of nitrogens with one attached hydrogen (secondary N) is 2. The van der Waals surface area contributed by atoms with Crippen LogP contribution in [0.25, 0.3) is 0 Å². The summed E-state index contributed by atoms with van der Waals surface area (Å²) in [5.41, 5.74) is 0. The van der Waals surface area contributed by atoms with Crippen LogP contribution in [0, 0.1) is 0 Å². The highest BCUT2D eigenvalue weighted by Gasteiger charge is 2.15. The molecule has 126 valence electrons. The van der Waals surface area contributed by atoms with E-state index in [0.29, 0.717) is 12.1 Å². The smallest absolute Gasteiger partial charge is 0.191 e. The minimum absolute atomic E-state index is 0. The van der Waals surface area contributed by atoms with E-state index in [9.17, 15) is 0 Å². The van der Waals surface area contributed by atoms with Gasteiger partial charge in [-0.2, -0.15) is 0 Å². The third kappa shape index (κ3) is 8.24. The van der Waals surface area contributed by atoms with E-state index >= 15 is 0 Å². The van der Waals surface area contributed by atoms with Gasteiger partial charge in [-0.15, -0.1) is 24.0 Å². The van der Waals surface area contributed by atoms with Crippen LogP contribution in [-0.4, -0.2) is 49.1 Å². The summed E-state index contributed by atoms with van der Waals surface area (Å²) < 4.78 is 0. The van der Waals surface area contributed by atoms with Crippen molar-refractivity contribution in [2.45, 2.75) is 71.9 Å². The molecule has 1 aliphatic carbocycles. The van der Waals surface area contributed by atoms with Crippen LogP contribution in [-0.2, 0) is 0 Å². The van der Waals surface area contributed by atoms with Crippen molar-refractivity contribution in [3.8, 4) is 0 Å². The normalized spacial score (nSPS) is 18.2. The lowest BCUT2D eigenvalue weighted by Crippen LogP contribution is -2.45. The number of hydrogen-bond acceptors (Lipinski definition) is 2. The molecule has 0 amide bonds. The second-order valence-corrected chi connectivity index (χ2v) is 5.77. The molecule has 0 bridgehead atoms. The lowest BCUT2D eigenvalue weighted by molar-refractivity contribution is 0.236. The topological polar surface area (TPSA) is 39.7 Å². The van der Waals surface area contributed by atoms with Gasteiger partial charge in [0.15, 0.2) is 5.96 Å². The Balaban J connectivity index is 0.00000400. The Morgan fingerprint density at radius 1 is 1.14 bits per heavy atom. The van der Waals surface area contributed by atoms with E-state index in [1.165, 1.54) is 32.1 Å². The molecule has 0 spiro atoms. The van der Waals surface area contributed by atoms with Gasteiger partial charge in [-0.3, -0.25) is 9.89 Å². The molecule has 0 aromatic carbocycles. The lowest BCUT2D eigenvalue weighted by Gasteiger charge is -2.27. The van der Waals surface area contributed by atoms with Crippen molar-refractivity contribution >= 4 is 29.9 Å². The van der Waals surface area contributed by atoms with Crippen LogP contribution in [0.1, 0.15) is 59.8 Å². The summed E-state index contributed by atoms with van der Waals surface area (Å²) in [6, 6.07) is 1.12. The number of nitrogens with zero attached hydrogens (tertiary/aromatic N) is 2. The van der Waals surface area contributed by atoms with Crippen molar-refractivity contribution in [3.05, 3.63) is 0 Å². The first-order chi connectivity index (χ1) is 9.71. The largest absolute Gasteiger partial charge is 0.357 e. The number of halogens is 1. The molecule has 1 unspecified atom stereocenters. The molecule has 4 nitrogen and oxygen atoms in total. The Hall–Kier alpha value is -0.0400. The first kappa shape index (κ1) is 21.0. The molecule has 0 radical (unpaired) electrons. The molecule has 0 aliphatic heterocycles. The van der Waals surface area contributed by atoms with E-state index in [1.54, 1.807) is 0 Å². The third-order valence-electron chi connectivity index (χ3n) is 4.24. The standard InChI is InChI=1S/C16H34N4.HI/c1-5-17-16(19-15-11-9-8-10-12-15)18-13-14(4)20(6-2)7-3;/h14-15H,5-13H2,1-4H3,(H2,17,18,19);1H. The summed E-state index contributed by atoms with van der Waals surface area (Å²) in [6.45, 7) is 12.8. The van der Waals surface area contributed by atoms with Gasteiger partial charge in [-0.25, -0.2) is 0 Å². The number of likely N-dealkylation sites (N-methyl/N-ethyl adjacent to an activating group) is 1. The molecule has 2 N–H and O–H groups in total. The molecule has 1 saturated carbocycles. The number of rotatable bonds is 7. The summed E-state index contributed by atoms with van der Waals surface area (Å²) in [5.74, 6) is 0.999. The summed E-state index contributed by atoms with van der Waals surface area (Å²) in [4.78, 5) is 7.23. The minimum atomic E-state index is 0. The number of guanidine groups is 1. The Morgan fingerprint density at radius 2 is 1.76 bits per heavy atom. The van der Waals surface area contributed by atoms with Gasteiger partial charge in [0, 0.05) is 18.6 Å². The van der Waals surface area contributed by atoms with Crippen LogP contribution in [0.4, 0.5) is 0 Å². The van der Waals surface area contributed by atoms with E-state index in [4.69, 9.17) is 4.99 Å². The molecule has 0 aromatic heterocycles. The fraction of sp³-hybridized carbons (Fsp3) is 0.938. The first-order valence-electron chi connectivity index (χ1n) is 8.50. The van der Waals surface area contributed by atoms with Crippen molar-refractivity contribution in [1.29, 1.82) is 0 Å². The maximum absolute atomic E-state index is 4.78. The lowest BCUT2D eigenvalue weighted by atomic mass is 9.96. The monoisotopic (exact) mass is 410 g/mol. The van der Waals surface area contributed by atoms with Crippen LogP contribution in [0.15, 0.2) is 4.99 Å². The third-order valence-corrected chi connectivity index (χ3v) is 4.24. The summed E-state index contributed by atoms with van der Waals surface area (Å²) in [6.07, 6.45) is 6.68. The van der Waals surface area contributed by atoms with Gasteiger partial charge < -0.3 is 10.6 Å². The number of aliphatic imine (C=N–C) groups is 1. The Labute approximate surface area is 148 Å². The van der Waals surface area contributed by atoms with E-state index in [-0.39, 0.29) is 24.0 Å². The van der Waals surface area contributed by atoms with Gasteiger partial charge in [0.05, 0.1) is 6.54 Å². The zero-order chi connectivity index (χ0) is 14.8. The van der Waals surface area contributed by atoms with Crippen molar-refractivity contribution in [1.82, 2.24) is 15.5 Å². The SMILES string of the molecule is CCNC(=NCC(C)N(CC)CC)NC1CCCCC1.I. The number of hydrogen-bond donors (Lipinski definition) is 2. The van der Waals surface area contributed by atoms with Crippen LogP contribution in [0.3, 0.4) is 0 Å². The Kier molecular flexibility index (Phi) is 12.5. The molecular weight excluding hydrogens is 375 g/mol. The quantitative estimate of drug-likeness (QED) is 0.385. The maximum Gasteiger partial charge on any atom is 0.191 e. The second kappa shape index (κ2) is 12.5. The summed E-state index contributed by atoms with van der Waals surface area (Å²) in [7, 11) is 0. The predicted molar refractivity (Wildman–Crippen MR) is 104 cm³/mol. The van der Waals surface area contributed by atoms with Crippen molar-refractivity contribution < 1.29 is 0 Å². The van der Waals surface area contributed by atoms with Gasteiger partial charge in [0.2, 0.25) is 0 Å². The highest BCUT2D eigenvalue weighted by molar-refractivity contribution is 14.0. The van der Waals surface area contributed by atoms with Gasteiger partial charge in [-0.05, 0) is 39.8 Å². The average molecular weight is 410 g/mol. The minimum Gasteiger partial charge on any atom is -0.357 e. The Morgan fingerprint density at radius 3 is 2.29 bits per heavy atom. The van der Waals surface area contributed by atoms with Gasteiger partial charge in [0.25, 0.3) is 0 Å². The molecule has 21 heavy (non-hydrogen) atoms. The zero-order valence-corrected chi connectivity index (χ0v) is 16.7. The zero-order valence-electron chi connectivity index (χ0n) is 14.3. The van der Waals surface area contributed by atoms with E-state index < -0.39 is 0 Å². The summed E-state index contributed by atoms with van der Waals surface area (Å²) >= 11 is 0. The fourth-order valence-corrected chi connectivity index (χ4v) is 2.95. The molecular formula is C16H35IN4. The van der Waals surface area contributed by atoms with Gasteiger partial charge in [-0.1, -0.05) is 33.1 Å². The molecule has 1 atom stereocenters. The average Bonchev–Trinajstić information content (AvgIpc) is 2.47. The van der Waals surface area contributed by atoms with Crippen LogP contribution in [0.2, 0.25) is 0 Å². The summed E-state index contributed by atoms with van der Waals surface area (Å²) in [5, 5.41) is 6.99. The molecule has 0 saturated heterocycles. The molecule has 5 heteroatoms. The van der Waals surface area contributed by atoms with Crippen LogP contribution in [0.5, 0.6) is 0 Å². The van der Waals surface area contributed by atoms with E-state index in [0.717, 1.165) is 32.1 Å². The van der Waals surface area contributed by atoms with Crippen molar-refractivity contribution in [2.75, 3.05) is 26.2 Å². The molecule has 0 heterocycles. The molecule has 1 fully saturated rings. The van der Waals surface area contributed by atoms with Gasteiger partial charge >= 0.3 is 0 Å². The fourth-order valence-electron chi connectivity index (χ4n) is 2.95. The van der Waals surface area contributed by atoms with Crippen LogP contribution >= 0.6 is 24.0 Å². The maximum atomic E-state index is 4.78. The van der Waals surface area contributed by atoms with Crippen molar-refractivity contribution in [3.63, 3.8) is 0 Å². The molecule has 0 aromatic rings. The second-order valence-electron chi connectivity index (χ2n) is 5.77. The first-order valence-corrected chi connectivity index (χ1v) is 8.50. The van der Waals surface area contributed by atoms with Gasteiger partial charge in [0.1, 0.15) is 0 Å². The van der Waals surface area contributed by atoms with E-state index in [1.807, 2.05) is 0 Å². The van der Waals surface area contributed by atoms with Crippen molar-refractivity contribution in [2.24, 2.45) is 4.99 Å². The van der Waals surface area contributed by atoms with Crippen LogP contribution < -0.4 is 10.6 Å². The predicted octanol–water partition coefficient (Wildman–Crippen LogP) is 3.22.